The minimum atomic E-state index is -0.601. The van der Waals surface area contributed by atoms with E-state index in [1.165, 1.54) is 6.08 Å². The highest BCUT2D eigenvalue weighted by molar-refractivity contribution is 5.92. The lowest BCUT2D eigenvalue weighted by Gasteiger charge is -2.42. The average Bonchev–Trinajstić information content (AvgIpc) is 2.45. The van der Waals surface area contributed by atoms with Crippen molar-refractivity contribution in [3.63, 3.8) is 0 Å². The maximum absolute atomic E-state index is 12.2. The predicted molar refractivity (Wildman–Crippen MR) is 86.2 cm³/mol. The number of benzene rings is 1. The molecule has 0 saturated heterocycles. The fourth-order valence-electron chi connectivity index (χ4n) is 2.45. The largest absolute Gasteiger partial charge is 0.491 e. The van der Waals surface area contributed by atoms with Crippen LogP contribution < -0.4 is 4.74 Å². The van der Waals surface area contributed by atoms with Crippen LogP contribution in [0.2, 0.25) is 0 Å². The third-order valence-corrected chi connectivity index (χ3v) is 4.03. The van der Waals surface area contributed by atoms with Crippen LogP contribution in [0.15, 0.2) is 30.3 Å². The van der Waals surface area contributed by atoms with Crippen LogP contribution >= 0.6 is 0 Å². The van der Waals surface area contributed by atoms with E-state index in [1.807, 2.05) is 38.1 Å². The zero-order chi connectivity index (χ0) is 16.2. The van der Waals surface area contributed by atoms with Gasteiger partial charge in [0.1, 0.15) is 11.3 Å². The van der Waals surface area contributed by atoms with Crippen molar-refractivity contribution in [3.8, 4) is 11.8 Å². The number of likely N-dealkylation sites (N-methyl/N-ethyl adjacent to an activating group) is 1. The van der Waals surface area contributed by atoms with Gasteiger partial charge in [-0.25, -0.2) is 0 Å². The van der Waals surface area contributed by atoms with E-state index in [9.17, 15) is 10.1 Å². The monoisotopic (exact) mass is 298 g/mol. The average molecular weight is 298 g/mol. The number of nitrogens with zero attached hydrogens (tertiary/aromatic N) is 2. The number of hydrogen-bond acceptors (Lipinski definition) is 3. The molecule has 0 aromatic heterocycles. The maximum Gasteiger partial charge on any atom is 0.247 e. The first-order chi connectivity index (χ1) is 10.5. The Morgan fingerprint density at radius 2 is 2.00 bits per heavy atom. The van der Waals surface area contributed by atoms with Gasteiger partial charge in [-0.3, -0.25) is 4.79 Å². The summed E-state index contributed by atoms with van der Waals surface area (Å²) in [6.07, 6.45) is 5.96. The van der Waals surface area contributed by atoms with Gasteiger partial charge in [0, 0.05) is 13.1 Å². The van der Waals surface area contributed by atoms with Crippen LogP contribution in [-0.2, 0) is 4.79 Å². The molecular weight excluding hydrogens is 276 g/mol. The molecule has 0 atom stereocenters. The van der Waals surface area contributed by atoms with Gasteiger partial charge < -0.3 is 9.64 Å². The smallest absolute Gasteiger partial charge is 0.247 e. The van der Waals surface area contributed by atoms with Crippen LogP contribution in [0.5, 0.6) is 5.75 Å². The van der Waals surface area contributed by atoms with E-state index in [0.29, 0.717) is 0 Å². The van der Waals surface area contributed by atoms with E-state index in [0.717, 1.165) is 30.6 Å². The third-order valence-electron chi connectivity index (χ3n) is 4.03. The molecule has 1 saturated carbocycles. The van der Waals surface area contributed by atoms with Gasteiger partial charge in [-0.1, -0.05) is 12.1 Å². The molecule has 0 aliphatic heterocycles. The fourth-order valence-corrected chi connectivity index (χ4v) is 2.45. The molecule has 22 heavy (non-hydrogen) atoms. The zero-order valence-electron chi connectivity index (χ0n) is 13.4. The number of rotatable bonds is 5. The van der Waals surface area contributed by atoms with Gasteiger partial charge in [-0.15, -0.1) is 0 Å². The Morgan fingerprint density at radius 3 is 2.45 bits per heavy atom. The zero-order valence-corrected chi connectivity index (χ0v) is 13.4. The summed E-state index contributed by atoms with van der Waals surface area (Å²) in [5, 5.41) is 9.26. The molecule has 0 heterocycles. The molecule has 4 heteroatoms. The van der Waals surface area contributed by atoms with E-state index >= 15 is 0 Å². The van der Waals surface area contributed by atoms with Crippen molar-refractivity contribution < 1.29 is 9.53 Å². The summed E-state index contributed by atoms with van der Waals surface area (Å²) in [6.45, 7) is 3.96. The number of nitriles is 1. The van der Waals surface area contributed by atoms with E-state index < -0.39 is 5.54 Å². The van der Waals surface area contributed by atoms with Crippen LogP contribution in [-0.4, -0.2) is 29.5 Å². The topological polar surface area (TPSA) is 53.3 Å². The number of carbonyl (C=O) groups is 1. The Bertz CT molecular complexity index is 593. The molecule has 1 aliphatic carbocycles. The van der Waals surface area contributed by atoms with Crippen molar-refractivity contribution in [3.05, 3.63) is 35.9 Å². The second kappa shape index (κ2) is 6.65. The van der Waals surface area contributed by atoms with Gasteiger partial charge in [0.15, 0.2) is 0 Å². The van der Waals surface area contributed by atoms with Gasteiger partial charge >= 0.3 is 0 Å². The van der Waals surface area contributed by atoms with Gasteiger partial charge in [0.25, 0.3) is 0 Å². The minimum Gasteiger partial charge on any atom is -0.491 e. The standard InChI is InChI=1S/C18H22N2O2/c1-14(2)22-16-8-5-15(6-9-16)7-10-17(21)20(3)18(13-19)11-4-12-18/h5-10,14H,4,11-12H2,1-3H3/b10-7+. The highest BCUT2D eigenvalue weighted by Gasteiger charge is 2.42. The van der Waals surface area contributed by atoms with Gasteiger partial charge in [0.2, 0.25) is 5.91 Å². The van der Waals surface area contributed by atoms with Crippen LogP contribution in [0.25, 0.3) is 6.08 Å². The molecule has 2 rings (SSSR count). The molecule has 0 radical (unpaired) electrons. The Balaban J connectivity index is 1.99. The molecule has 0 unspecified atom stereocenters. The first-order valence-corrected chi connectivity index (χ1v) is 7.61. The fraction of sp³-hybridized carbons (Fsp3) is 0.444. The Hall–Kier alpha value is -2.28. The van der Waals surface area contributed by atoms with Crippen LogP contribution in [0, 0.1) is 11.3 Å². The quantitative estimate of drug-likeness (QED) is 0.783. The predicted octanol–water partition coefficient (Wildman–Crippen LogP) is 3.39. The van der Waals surface area contributed by atoms with Gasteiger partial charge in [-0.2, -0.15) is 5.26 Å². The molecule has 1 aromatic rings. The van der Waals surface area contributed by atoms with Crippen molar-refractivity contribution in [2.75, 3.05) is 7.05 Å². The summed E-state index contributed by atoms with van der Waals surface area (Å²) in [5.74, 6) is 0.678. The molecule has 0 N–H and O–H groups in total. The molecule has 1 aromatic carbocycles. The van der Waals surface area contributed by atoms with E-state index in [1.54, 1.807) is 18.0 Å². The second-order valence-corrected chi connectivity index (χ2v) is 5.96. The summed E-state index contributed by atoms with van der Waals surface area (Å²) in [7, 11) is 1.70. The maximum atomic E-state index is 12.2. The van der Waals surface area contributed by atoms with Crippen molar-refractivity contribution in [1.29, 1.82) is 5.26 Å². The number of carbonyl (C=O) groups excluding carboxylic acids is 1. The minimum absolute atomic E-state index is 0.135. The second-order valence-electron chi connectivity index (χ2n) is 5.96. The normalized spacial score (nSPS) is 16.1. The van der Waals surface area contributed by atoms with Crippen LogP contribution in [0.4, 0.5) is 0 Å². The van der Waals surface area contributed by atoms with Crippen LogP contribution in [0.1, 0.15) is 38.7 Å². The van der Waals surface area contributed by atoms with Gasteiger partial charge in [0.05, 0.1) is 12.2 Å². The van der Waals surface area contributed by atoms with Crippen molar-refractivity contribution in [2.24, 2.45) is 0 Å². The first-order valence-electron chi connectivity index (χ1n) is 7.61. The summed E-state index contributed by atoms with van der Waals surface area (Å²) >= 11 is 0. The lowest BCUT2D eigenvalue weighted by Crippen LogP contribution is -2.52. The Morgan fingerprint density at radius 1 is 1.36 bits per heavy atom. The molecular formula is C18H22N2O2. The molecule has 1 fully saturated rings. The van der Waals surface area contributed by atoms with E-state index in [2.05, 4.69) is 6.07 Å². The lowest BCUT2D eigenvalue weighted by atomic mass is 9.76. The number of hydrogen-bond donors (Lipinski definition) is 0. The summed E-state index contributed by atoms with van der Waals surface area (Å²) in [6, 6.07) is 9.86. The number of amides is 1. The molecule has 0 bridgehead atoms. The van der Waals surface area contributed by atoms with Crippen molar-refractivity contribution in [1.82, 2.24) is 4.90 Å². The molecule has 4 nitrogen and oxygen atoms in total. The Kier molecular flexibility index (Phi) is 4.87. The van der Waals surface area contributed by atoms with E-state index in [-0.39, 0.29) is 12.0 Å². The Labute approximate surface area is 132 Å². The SMILES string of the molecule is CC(C)Oc1ccc(/C=C/C(=O)N(C)C2(C#N)CCC2)cc1. The van der Waals surface area contributed by atoms with Crippen molar-refractivity contribution >= 4 is 12.0 Å². The van der Waals surface area contributed by atoms with E-state index in [4.69, 9.17) is 4.74 Å². The highest BCUT2D eigenvalue weighted by Crippen LogP contribution is 2.36. The third kappa shape index (κ3) is 3.48. The lowest BCUT2D eigenvalue weighted by molar-refractivity contribution is -0.130. The van der Waals surface area contributed by atoms with Crippen molar-refractivity contribution in [2.45, 2.75) is 44.8 Å². The molecule has 0 spiro atoms. The highest BCUT2D eigenvalue weighted by atomic mass is 16.5. The van der Waals surface area contributed by atoms with Crippen LogP contribution in [0.3, 0.4) is 0 Å². The molecule has 1 amide bonds. The summed E-state index contributed by atoms with van der Waals surface area (Å²) in [5.41, 5.74) is 0.327. The number of ether oxygens (including phenoxy) is 1. The molecule has 1 aliphatic rings. The first kappa shape index (κ1) is 16.1. The summed E-state index contributed by atoms with van der Waals surface area (Å²) in [4.78, 5) is 13.7. The molecule has 116 valence electrons. The van der Waals surface area contributed by atoms with Gasteiger partial charge in [-0.05, 0) is 56.9 Å². The summed E-state index contributed by atoms with van der Waals surface area (Å²) < 4.78 is 5.58.